The highest BCUT2D eigenvalue weighted by Gasteiger charge is 2.16. The van der Waals surface area contributed by atoms with Crippen molar-refractivity contribution in [3.63, 3.8) is 0 Å². The molecule has 0 aliphatic carbocycles. The average Bonchev–Trinajstić information content (AvgIpc) is 2.56. The molecule has 0 radical (unpaired) electrons. The van der Waals surface area contributed by atoms with Crippen LogP contribution in [0.2, 0.25) is 0 Å². The molecule has 0 saturated carbocycles. The van der Waals surface area contributed by atoms with Crippen LogP contribution in [0.25, 0.3) is 0 Å². The van der Waals surface area contributed by atoms with Crippen molar-refractivity contribution in [1.82, 2.24) is 0 Å². The molecule has 2 heteroatoms. The molecule has 122 valence electrons. The quantitative estimate of drug-likeness (QED) is 0.480. The number of hydrogen-bond acceptors (Lipinski definition) is 2. The molecule has 0 aromatic heterocycles. The van der Waals surface area contributed by atoms with Gasteiger partial charge < -0.3 is 4.74 Å². The first kappa shape index (κ1) is 17.3. The van der Waals surface area contributed by atoms with E-state index in [4.69, 9.17) is 4.74 Å². The average molecular weight is 310 g/mol. The van der Waals surface area contributed by atoms with Gasteiger partial charge in [0.15, 0.2) is 0 Å². The van der Waals surface area contributed by atoms with E-state index >= 15 is 0 Å². The molecule has 0 aliphatic heterocycles. The highest BCUT2D eigenvalue weighted by atomic mass is 16.5. The zero-order valence-electron chi connectivity index (χ0n) is 14.3. The summed E-state index contributed by atoms with van der Waals surface area (Å²) in [6, 6.07) is 15.6. The van der Waals surface area contributed by atoms with Gasteiger partial charge in [0.25, 0.3) is 0 Å². The van der Waals surface area contributed by atoms with Gasteiger partial charge in [-0.25, -0.2) is 4.79 Å². The Bertz CT molecular complexity index is 646. The molecule has 2 aromatic rings. The summed E-state index contributed by atoms with van der Waals surface area (Å²) >= 11 is 0. The van der Waals surface area contributed by atoms with Crippen molar-refractivity contribution >= 4 is 5.97 Å². The molecule has 0 amide bonds. The molecule has 2 nitrogen and oxygen atoms in total. The van der Waals surface area contributed by atoms with Crippen LogP contribution in [0, 0.1) is 0 Å². The summed E-state index contributed by atoms with van der Waals surface area (Å²) in [7, 11) is 0. The molecule has 2 rings (SSSR count). The van der Waals surface area contributed by atoms with E-state index in [0.717, 1.165) is 36.8 Å². The Hall–Kier alpha value is -2.09. The van der Waals surface area contributed by atoms with E-state index in [1.54, 1.807) is 0 Å². The third kappa shape index (κ3) is 4.44. The minimum atomic E-state index is -0.259. The predicted molar refractivity (Wildman–Crippen MR) is 95.2 cm³/mol. The lowest BCUT2D eigenvalue weighted by molar-refractivity contribution is 0.0731. The van der Waals surface area contributed by atoms with Gasteiger partial charge >= 0.3 is 5.97 Å². The lowest BCUT2D eigenvalue weighted by atomic mass is 9.96. The monoisotopic (exact) mass is 310 g/mol. The Kier molecular flexibility index (Phi) is 6.40. The van der Waals surface area contributed by atoms with E-state index < -0.39 is 0 Å². The first-order valence-corrected chi connectivity index (χ1v) is 8.56. The fourth-order valence-corrected chi connectivity index (χ4v) is 2.93. The molecular weight excluding hydrogens is 284 g/mol. The van der Waals surface area contributed by atoms with Gasteiger partial charge in [0.1, 0.15) is 5.75 Å². The van der Waals surface area contributed by atoms with E-state index in [1.165, 1.54) is 0 Å². The maximum Gasteiger partial charge on any atom is 0.343 e. The van der Waals surface area contributed by atoms with Crippen LogP contribution in [-0.2, 0) is 6.42 Å². The topological polar surface area (TPSA) is 26.3 Å². The van der Waals surface area contributed by atoms with Gasteiger partial charge in [-0.3, -0.25) is 0 Å². The van der Waals surface area contributed by atoms with Crippen LogP contribution >= 0.6 is 0 Å². The highest BCUT2D eigenvalue weighted by Crippen LogP contribution is 2.30. The van der Waals surface area contributed by atoms with Crippen molar-refractivity contribution in [2.24, 2.45) is 0 Å². The van der Waals surface area contributed by atoms with Crippen LogP contribution in [0.1, 0.15) is 67.4 Å². The molecule has 1 atom stereocenters. The fourth-order valence-electron chi connectivity index (χ4n) is 2.93. The lowest BCUT2D eigenvalue weighted by Gasteiger charge is -2.16. The summed E-state index contributed by atoms with van der Waals surface area (Å²) in [6.45, 7) is 6.47. The Morgan fingerprint density at radius 2 is 1.70 bits per heavy atom. The van der Waals surface area contributed by atoms with Gasteiger partial charge in [0, 0.05) is 0 Å². The minimum absolute atomic E-state index is 0.259. The number of ether oxygens (including phenoxy) is 1. The molecule has 0 bridgehead atoms. The van der Waals surface area contributed by atoms with Crippen LogP contribution in [-0.4, -0.2) is 5.97 Å². The van der Waals surface area contributed by atoms with Crippen LogP contribution < -0.4 is 4.74 Å². The van der Waals surface area contributed by atoms with Crippen LogP contribution in [0.4, 0.5) is 0 Å². The van der Waals surface area contributed by atoms with Crippen molar-refractivity contribution in [3.05, 3.63) is 65.2 Å². The van der Waals surface area contributed by atoms with Crippen molar-refractivity contribution in [2.45, 2.75) is 52.4 Å². The number of para-hydroxylation sites is 1. The zero-order chi connectivity index (χ0) is 16.7. The standard InChI is InChI=1S/C21H26O2/c1-4-10-16(3)18-13-8-9-15-20(18)23-21(22)19-14-7-6-12-17(19)11-5-2/h6-9,12-16H,4-5,10-11H2,1-3H3. The van der Waals surface area contributed by atoms with Gasteiger partial charge in [0.2, 0.25) is 0 Å². The van der Waals surface area contributed by atoms with Gasteiger partial charge in [-0.05, 0) is 42.0 Å². The highest BCUT2D eigenvalue weighted by molar-refractivity contribution is 5.92. The number of hydrogen-bond donors (Lipinski definition) is 0. The number of carbonyl (C=O) groups is 1. The third-order valence-electron chi connectivity index (χ3n) is 4.13. The number of aryl methyl sites for hydroxylation is 1. The first-order chi connectivity index (χ1) is 11.2. The van der Waals surface area contributed by atoms with Gasteiger partial charge in [-0.2, -0.15) is 0 Å². The van der Waals surface area contributed by atoms with E-state index in [-0.39, 0.29) is 5.97 Å². The number of rotatable bonds is 7. The SMILES string of the molecule is CCCc1ccccc1C(=O)Oc1ccccc1C(C)CCC. The number of esters is 1. The summed E-state index contributed by atoms with van der Waals surface area (Å²) in [5.41, 5.74) is 2.84. The van der Waals surface area contributed by atoms with Crippen molar-refractivity contribution < 1.29 is 9.53 Å². The Labute approximate surface area is 139 Å². The second-order valence-electron chi connectivity index (χ2n) is 6.02. The van der Waals surface area contributed by atoms with Crippen molar-refractivity contribution in [2.75, 3.05) is 0 Å². The minimum Gasteiger partial charge on any atom is -0.423 e. The Morgan fingerprint density at radius 3 is 2.43 bits per heavy atom. The van der Waals surface area contributed by atoms with E-state index in [2.05, 4.69) is 26.8 Å². The molecule has 0 saturated heterocycles. The number of benzene rings is 2. The summed E-state index contributed by atoms with van der Waals surface area (Å²) in [4.78, 5) is 12.6. The molecule has 0 spiro atoms. The second kappa shape index (κ2) is 8.52. The maximum absolute atomic E-state index is 12.6. The van der Waals surface area contributed by atoms with E-state index in [9.17, 15) is 4.79 Å². The van der Waals surface area contributed by atoms with Gasteiger partial charge in [0.05, 0.1) is 5.56 Å². The first-order valence-electron chi connectivity index (χ1n) is 8.56. The van der Waals surface area contributed by atoms with E-state index in [0.29, 0.717) is 17.2 Å². The molecule has 0 N–H and O–H groups in total. The molecule has 0 aliphatic rings. The summed E-state index contributed by atoms with van der Waals surface area (Å²) < 4.78 is 5.75. The number of carbonyl (C=O) groups excluding carboxylic acids is 1. The normalized spacial score (nSPS) is 12.0. The molecule has 23 heavy (non-hydrogen) atoms. The summed E-state index contributed by atoms with van der Waals surface area (Å²) in [6.07, 6.45) is 4.09. The molecule has 2 aromatic carbocycles. The Morgan fingerprint density at radius 1 is 1.00 bits per heavy atom. The molecular formula is C21H26O2. The fraction of sp³-hybridized carbons (Fsp3) is 0.381. The summed E-state index contributed by atoms with van der Waals surface area (Å²) in [5, 5.41) is 0. The smallest absolute Gasteiger partial charge is 0.343 e. The largest absolute Gasteiger partial charge is 0.423 e. The second-order valence-corrected chi connectivity index (χ2v) is 6.02. The predicted octanol–water partition coefficient (Wildman–Crippen LogP) is 5.76. The zero-order valence-corrected chi connectivity index (χ0v) is 14.3. The molecule has 0 heterocycles. The maximum atomic E-state index is 12.6. The lowest BCUT2D eigenvalue weighted by Crippen LogP contribution is -2.13. The van der Waals surface area contributed by atoms with Crippen LogP contribution in [0.3, 0.4) is 0 Å². The van der Waals surface area contributed by atoms with Gasteiger partial charge in [-0.1, -0.05) is 70.0 Å². The summed E-state index contributed by atoms with van der Waals surface area (Å²) in [5.74, 6) is 0.810. The van der Waals surface area contributed by atoms with Crippen molar-refractivity contribution in [1.29, 1.82) is 0 Å². The van der Waals surface area contributed by atoms with Gasteiger partial charge in [-0.15, -0.1) is 0 Å². The third-order valence-corrected chi connectivity index (χ3v) is 4.13. The van der Waals surface area contributed by atoms with Crippen LogP contribution in [0.15, 0.2) is 48.5 Å². The molecule has 1 unspecified atom stereocenters. The molecule has 0 fully saturated rings. The van der Waals surface area contributed by atoms with Crippen molar-refractivity contribution in [3.8, 4) is 5.75 Å². The van der Waals surface area contributed by atoms with Crippen LogP contribution in [0.5, 0.6) is 5.75 Å². The van der Waals surface area contributed by atoms with E-state index in [1.807, 2.05) is 42.5 Å². The Balaban J connectivity index is 2.24.